The van der Waals surface area contributed by atoms with Gasteiger partial charge in [0, 0.05) is 37.1 Å². The van der Waals surface area contributed by atoms with Crippen LogP contribution in [0.1, 0.15) is 36.0 Å². The fraction of sp³-hybridized carbons (Fsp3) is 0.346. The molecule has 2 atom stereocenters. The van der Waals surface area contributed by atoms with Gasteiger partial charge in [0.25, 0.3) is 0 Å². The van der Waals surface area contributed by atoms with Crippen molar-refractivity contribution in [3.05, 3.63) is 71.3 Å². The maximum absolute atomic E-state index is 12.7. The first kappa shape index (κ1) is 23.9. The summed E-state index contributed by atoms with van der Waals surface area (Å²) in [6, 6.07) is 16.7. The van der Waals surface area contributed by atoms with Gasteiger partial charge in [-0.1, -0.05) is 42.2 Å². The van der Waals surface area contributed by atoms with Crippen LogP contribution in [0.3, 0.4) is 0 Å². The minimum absolute atomic E-state index is 0.160. The zero-order valence-electron chi connectivity index (χ0n) is 18.9. The van der Waals surface area contributed by atoms with Crippen LogP contribution >= 0.6 is 0 Å². The number of ether oxygens (including phenoxy) is 1. The number of carbonyl (C=O) groups excluding carboxylic acids is 2. The van der Waals surface area contributed by atoms with Crippen molar-refractivity contribution < 1.29 is 14.3 Å². The topological polar surface area (TPSA) is 97.0 Å². The Morgan fingerprint density at radius 3 is 2.55 bits per heavy atom. The number of rotatable bonds is 7. The number of nitrogens with one attached hydrogen (secondary N) is 1. The zero-order valence-corrected chi connectivity index (χ0v) is 18.9. The molecule has 0 aromatic heterocycles. The second-order valence-corrected chi connectivity index (χ2v) is 8.13. The van der Waals surface area contributed by atoms with Gasteiger partial charge in [0.1, 0.15) is 12.4 Å². The van der Waals surface area contributed by atoms with Crippen molar-refractivity contribution in [2.24, 2.45) is 16.9 Å². The number of hydrogen-bond donors (Lipinski definition) is 2. The lowest BCUT2D eigenvalue weighted by molar-refractivity contribution is -0.145. The lowest BCUT2D eigenvalue weighted by Gasteiger charge is -2.31. The second kappa shape index (κ2) is 12.3. The van der Waals surface area contributed by atoms with Crippen molar-refractivity contribution in [3.8, 4) is 11.8 Å². The molecule has 1 aliphatic heterocycles. The van der Waals surface area contributed by atoms with Crippen LogP contribution in [-0.4, -0.2) is 49.4 Å². The Bertz CT molecular complexity index is 1010. The van der Waals surface area contributed by atoms with Gasteiger partial charge in [-0.15, -0.1) is 0 Å². The molecular formula is C26H30N4O3. The minimum atomic E-state index is -0.742. The van der Waals surface area contributed by atoms with E-state index in [1.807, 2.05) is 59.5 Å². The summed E-state index contributed by atoms with van der Waals surface area (Å²) in [5.74, 6) is 11.1. The first-order valence-electron chi connectivity index (χ1n) is 11.1. The van der Waals surface area contributed by atoms with Crippen molar-refractivity contribution in [3.63, 3.8) is 0 Å². The van der Waals surface area contributed by atoms with E-state index in [-0.39, 0.29) is 11.8 Å². The van der Waals surface area contributed by atoms with E-state index in [0.29, 0.717) is 12.8 Å². The van der Waals surface area contributed by atoms with Gasteiger partial charge in [-0.05, 0) is 48.6 Å². The van der Waals surface area contributed by atoms with Crippen molar-refractivity contribution in [2.45, 2.75) is 31.7 Å². The highest BCUT2D eigenvalue weighted by Gasteiger charge is 2.25. The molecule has 1 saturated heterocycles. The first-order chi connectivity index (χ1) is 16.1. The third-order valence-electron chi connectivity index (χ3n) is 5.59. The SMILES string of the molecule is COC(=O)C(Cc1ccc(C#Cc2ccccc2)cc1)NC(=O)CC1CCCN(C=NN)C1. The summed E-state index contributed by atoms with van der Waals surface area (Å²) in [7, 11) is 1.33. The van der Waals surface area contributed by atoms with Gasteiger partial charge in [-0.2, -0.15) is 5.10 Å². The number of benzene rings is 2. The van der Waals surface area contributed by atoms with Crippen LogP contribution in [0.2, 0.25) is 0 Å². The van der Waals surface area contributed by atoms with Crippen molar-refractivity contribution in [1.82, 2.24) is 10.2 Å². The Morgan fingerprint density at radius 2 is 1.88 bits per heavy atom. The average molecular weight is 447 g/mol. The number of piperidine rings is 1. The van der Waals surface area contributed by atoms with Crippen LogP contribution in [0.25, 0.3) is 0 Å². The fourth-order valence-electron chi connectivity index (χ4n) is 3.94. The minimum Gasteiger partial charge on any atom is -0.467 e. The van der Waals surface area contributed by atoms with Crippen LogP contribution in [0.4, 0.5) is 0 Å². The summed E-state index contributed by atoms with van der Waals surface area (Å²) >= 11 is 0. The highest BCUT2D eigenvalue weighted by molar-refractivity contribution is 5.84. The number of carbonyl (C=O) groups is 2. The number of likely N-dealkylation sites (tertiary alicyclic amines) is 1. The molecule has 3 N–H and O–H groups in total. The molecule has 1 aliphatic rings. The zero-order chi connectivity index (χ0) is 23.5. The Labute approximate surface area is 195 Å². The van der Waals surface area contributed by atoms with E-state index in [0.717, 1.165) is 42.6 Å². The predicted molar refractivity (Wildman–Crippen MR) is 128 cm³/mol. The van der Waals surface area contributed by atoms with E-state index < -0.39 is 12.0 Å². The van der Waals surface area contributed by atoms with Crippen LogP contribution < -0.4 is 11.2 Å². The van der Waals surface area contributed by atoms with Gasteiger partial charge in [0.05, 0.1) is 7.11 Å². The molecule has 0 bridgehead atoms. The van der Waals surface area contributed by atoms with Gasteiger partial charge in [-0.25, -0.2) is 4.79 Å². The molecule has 1 heterocycles. The molecule has 172 valence electrons. The number of hydrogen-bond acceptors (Lipinski definition) is 5. The van der Waals surface area contributed by atoms with Crippen LogP contribution in [-0.2, 0) is 20.7 Å². The van der Waals surface area contributed by atoms with E-state index in [1.54, 1.807) is 6.34 Å². The summed E-state index contributed by atoms with van der Waals surface area (Å²) < 4.78 is 4.92. The number of nitrogens with two attached hydrogens (primary N) is 1. The maximum Gasteiger partial charge on any atom is 0.328 e. The lowest BCUT2D eigenvalue weighted by Crippen LogP contribution is -2.44. The molecule has 2 aromatic rings. The average Bonchev–Trinajstić information content (AvgIpc) is 2.83. The van der Waals surface area contributed by atoms with Crippen molar-refractivity contribution in [1.29, 1.82) is 0 Å². The highest BCUT2D eigenvalue weighted by Crippen LogP contribution is 2.19. The van der Waals surface area contributed by atoms with Crippen LogP contribution in [0, 0.1) is 17.8 Å². The molecule has 7 heteroatoms. The highest BCUT2D eigenvalue weighted by atomic mass is 16.5. The Morgan fingerprint density at radius 1 is 1.18 bits per heavy atom. The van der Waals surface area contributed by atoms with Gasteiger partial charge in [0.2, 0.25) is 5.91 Å². The molecule has 0 spiro atoms. The normalized spacial score (nSPS) is 16.5. The molecular weight excluding hydrogens is 416 g/mol. The third kappa shape index (κ3) is 7.69. The number of nitrogens with zero attached hydrogens (tertiary/aromatic N) is 2. The summed E-state index contributed by atoms with van der Waals surface area (Å²) in [4.78, 5) is 27.0. The van der Waals surface area contributed by atoms with Crippen molar-refractivity contribution in [2.75, 3.05) is 20.2 Å². The van der Waals surface area contributed by atoms with Gasteiger partial charge in [0.15, 0.2) is 0 Å². The van der Waals surface area contributed by atoms with E-state index in [9.17, 15) is 9.59 Å². The quantitative estimate of drug-likeness (QED) is 0.170. The fourth-order valence-corrected chi connectivity index (χ4v) is 3.94. The second-order valence-electron chi connectivity index (χ2n) is 8.13. The predicted octanol–water partition coefficient (Wildman–Crippen LogP) is 2.29. The van der Waals surface area contributed by atoms with E-state index in [4.69, 9.17) is 10.6 Å². The third-order valence-corrected chi connectivity index (χ3v) is 5.59. The molecule has 0 radical (unpaired) electrons. The molecule has 0 saturated carbocycles. The van der Waals surface area contributed by atoms with Crippen LogP contribution in [0.15, 0.2) is 59.7 Å². The standard InChI is InChI=1S/C26H30N4O3/c1-33-26(32)24(29-25(31)17-23-8-5-15-30(18-23)19-28-27)16-22-13-11-21(12-14-22)10-9-20-6-3-2-4-7-20/h2-4,6-7,11-14,19,23-24H,5,8,15-18,27H2,1H3,(H,29,31). The first-order valence-corrected chi connectivity index (χ1v) is 11.1. The number of esters is 1. The Kier molecular flexibility index (Phi) is 8.89. The number of hydrazone groups is 1. The monoisotopic (exact) mass is 446 g/mol. The Hall–Kier alpha value is -3.79. The molecule has 33 heavy (non-hydrogen) atoms. The molecule has 2 aromatic carbocycles. The molecule has 1 fully saturated rings. The van der Waals surface area contributed by atoms with Gasteiger partial charge >= 0.3 is 5.97 Å². The van der Waals surface area contributed by atoms with Gasteiger partial charge in [-0.3, -0.25) is 4.79 Å². The summed E-state index contributed by atoms with van der Waals surface area (Å²) in [6.07, 6.45) is 4.23. The van der Waals surface area contributed by atoms with E-state index in [2.05, 4.69) is 22.3 Å². The largest absolute Gasteiger partial charge is 0.467 e. The summed E-state index contributed by atoms with van der Waals surface area (Å²) in [5, 5.41) is 6.42. The number of methoxy groups -OCH3 is 1. The molecule has 3 rings (SSSR count). The van der Waals surface area contributed by atoms with Gasteiger partial charge < -0.3 is 20.8 Å². The van der Waals surface area contributed by atoms with E-state index >= 15 is 0 Å². The lowest BCUT2D eigenvalue weighted by atomic mass is 9.94. The molecule has 0 aliphatic carbocycles. The smallest absolute Gasteiger partial charge is 0.328 e. The van der Waals surface area contributed by atoms with Crippen LogP contribution in [0.5, 0.6) is 0 Å². The van der Waals surface area contributed by atoms with E-state index in [1.165, 1.54) is 7.11 Å². The molecule has 7 nitrogen and oxygen atoms in total. The molecule has 2 unspecified atom stereocenters. The number of amides is 1. The van der Waals surface area contributed by atoms with Crippen molar-refractivity contribution >= 4 is 18.2 Å². The Balaban J connectivity index is 1.58. The summed E-state index contributed by atoms with van der Waals surface area (Å²) in [6.45, 7) is 1.61. The molecule has 1 amide bonds. The summed E-state index contributed by atoms with van der Waals surface area (Å²) in [5.41, 5.74) is 2.74. The maximum atomic E-state index is 12.7.